The van der Waals surface area contributed by atoms with E-state index in [-0.39, 0.29) is 30.9 Å². The maximum absolute atomic E-state index is 12.7. The molecule has 3 rings (SSSR count). The number of likely N-dealkylation sites (N-methyl/N-ethyl adjacent to an activating group) is 1. The van der Waals surface area contributed by atoms with Gasteiger partial charge in [-0.2, -0.15) is 0 Å². The minimum Gasteiger partial charge on any atom is -0.359 e. The van der Waals surface area contributed by atoms with Crippen molar-refractivity contribution in [1.82, 2.24) is 4.90 Å². The molecule has 0 aromatic heterocycles. The van der Waals surface area contributed by atoms with Gasteiger partial charge in [-0.05, 0) is 43.5 Å². The first-order chi connectivity index (χ1) is 13.0. The molecule has 1 atom stereocenters. The Balaban J connectivity index is 1.61. The Hall–Kier alpha value is -2.53. The van der Waals surface area contributed by atoms with E-state index in [1.807, 2.05) is 12.1 Å². The van der Waals surface area contributed by atoms with Crippen molar-refractivity contribution in [3.8, 4) is 0 Å². The van der Waals surface area contributed by atoms with Crippen LogP contribution in [-0.2, 0) is 16.0 Å². The highest BCUT2D eigenvalue weighted by Crippen LogP contribution is 2.30. The van der Waals surface area contributed by atoms with Gasteiger partial charge in [0.2, 0.25) is 11.8 Å². The van der Waals surface area contributed by atoms with Gasteiger partial charge in [0.1, 0.15) is 0 Å². The molecule has 0 saturated heterocycles. The third-order valence-electron chi connectivity index (χ3n) is 4.92. The normalized spacial score (nSPS) is 15.8. The number of nitrogens with one attached hydrogen (secondary N) is 1. The summed E-state index contributed by atoms with van der Waals surface area (Å²) in [6.45, 7) is 2.37. The molecule has 1 heterocycles. The lowest BCUT2D eigenvalue weighted by molar-refractivity contribution is -0.132. The zero-order valence-corrected chi connectivity index (χ0v) is 16.4. The van der Waals surface area contributed by atoms with Gasteiger partial charge in [0.15, 0.2) is 0 Å². The van der Waals surface area contributed by atoms with Crippen LogP contribution in [0.5, 0.6) is 0 Å². The van der Waals surface area contributed by atoms with Crippen molar-refractivity contribution in [3.05, 3.63) is 59.1 Å². The number of aryl methyl sites for hydroxylation is 1. The Morgan fingerprint density at radius 1 is 1.19 bits per heavy atom. The molecular weight excluding hydrogens is 362 g/mol. The lowest BCUT2D eigenvalue weighted by Crippen LogP contribution is -2.46. The number of hydrogen-bond donors (Lipinski definition) is 1. The molecule has 5 nitrogen and oxygen atoms in total. The van der Waals surface area contributed by atoms with Crippen molar-refractivity contribution in [2.75, 3.05) is 30.4 Å². The molecule has 1 aliphatic rings. The van der Waals surface area contributed by atoms with E-state index in [0.717, 1.165) is 18.5 Å². The summed E-state index contributed by atoms with van der Waals surface area (Å²) in [6.07, 6.45) is 2.04. The molecule has 0 aliphatic carbocycles. The Bertz CT molecular complexity index is 840. The number of carbonyl (C=O) groups is 2. The van der Waals surface area contributed by atoms with Gasteiger partial charge in [-0.1, -0.05) is 41.9 Å². The molecule has 0 fully saturated rings. The van der Waals surface area contributed by atoms with Crippen LogP contribution in [0.25, 0.3) is 0 Å². The van der Waals surface area contributed by atoms with Crippen molar-refractivity contribution in [2.45, 2.75) is 25.8 Å². The first-order valence-electron chi connectivity index (χ1n) is 9.08. The molecule has 2 amide bonds. The van der Waals surface area contributed by atoms with Gasteiger partial charge in [0.25, 0.3) is 0 Å². The number of nitrogens with zero attached hydrogens (tertiary/aromatic N) is 2. The minimum absolute atomic E-state index is 0.0199. The van der Waals surface area contributed by atoms with Gasteiger partial charge in [-0.25, -0.2) is 0 Å². The summed E-state index contributed by atoms with van der Waals surface area (Å²) in [7, 11) is 1.65. The maximum atomic E-state index is 12.7. The predicted molar refractivity (Wildman–Crippen MR) is 109 cm³/mol. The first kappa shape index (κ1) is 19.2. The van der Waals surface area contributed by atoms with Crippen LogP contribution in [0.15, 0.2) is 48.5 Å². The van der Waals surface area contributed by atoms with Crippen LogP contribution in [0, 0.1) is 0 Å². The van der Waals surface area contributed by atoms with Gasteiger partial charge in [-0.15, -0.1) is 0 Å². The number of carbonyl (C=O) groups excluding carboxylic acids is 2. The molecule has 0 radical (unpaired) electrons. The number of para-hydroxylation sites is 2. The Morgan fingerprint density at radius 3 is 2.67 bits per heavy atom. The summed E-state index contributed by atoms with van der Waals surface area (Å²) in [5, 5.41) is 3.22. The van der Waals surface area contributed by atoms with Crippen molar-refractivity contribution < 1.29 is 9.59 Å². The summed E-state index contributed by atoms with van der Waals surface area (Å²) >= 11 is 6.06. The fourth-order valence-corrected chi connectivity index (χ4v) is 3.51. The van der Waals surface area contributed by atoms with Gasteiger partial charge < -0.3 is 15.1 Å². The van der Waals surface area contributed by atoms with Gasteiger partial charge >= 0.3 is 0 Å². The molecule has 0 unspecified atom stereocenters. The SMILES string of the molecule is C[C@@H]1CCc2ccccc2N1CC(=O)N(C)CC(=O)Nc1ccccc1Cl. The zero-order valence-electron chi connectivity index (χ0n) is 15.6. The van der Waals surface area contributed by atoms with Crippen LogP contribution in [0.3, 0.4) is 0 Å². The van der Waals surface area contributed by atoms with E-state index in [9.17, 15) is 9.59 Å². The Labute approximate surface area is 164 Å². The van der Waals surface area contributed by atoms with Crippen LogP contribution in [0.2, 0.25) is 5.02 Å². The predicted octanol–water partition coefficient (Wildman–Crippen LogP) is 3.58. The fourth-order valence-electron chi connectivity index (χ4n) is 3.32. The zero-order chi connectivity index (χ0) is 19.4. The molecule has 1 aliphatic heterocycles. The molecule has 2 aromatic carbocycles. The topological polar surface area (TPSA) is 52.7 Å². The van der Waals surface area contributed by atoms with E-state index in [1.165, 1.54) is 10.5 Å². The number of benzene rings is 2. The van der Waals surface area contributed by atoms with E-state index in [0.29, 0.717) is 10.7 Å². The number of halogens is 1. The van der Waals surface area contributed by atoms with Crippen molar-refractivity contribution in [2.24, 2.45) is 0 Å². The third-order valence-corrected chi connectivity index (χ3v) is 5.25. The fraction of sp³-hybridized carbons (Fsp3) is 0.333. The monoisotopic (exact) mass is 385 g/mol. The second kappa shape index (κ2) is 8.44. The number of rotatable bonds is 5. The van der Waals surface area contributed by atoms with Gasteiger partial charge in [0, 0.05) is 18.8 Å². The molecule has 0 saturated carbocycles. The smallest absolute Gasteiger partial charge is 0.244 e. The maximum Gasteiger partial charge on any atom is 0.244 e. The molecule has 27 heavy (non-hydrogen) atoms. The van der Waals surface area contributed by atoms with E-state index in [4.69, 9.17) is 11.6 Å². The average Bonchev–Trinajstić information content (AvgIpc) is 2.65. The summed E-state index contributed by atoms with van der Waals surface area (Å²) in [5.74, 6) is -0.362. The second-order valence-corrected chi connectivity index (χ2v) is 7.33. The highest BCUT2D eigenvalue weighted by atomic mass is 35.5. The molecule has 6 heteroatoms. The van der Waals surface area contributed by atoms with Crippen molar-refractivity contribution >= 4 is 34.8 Å². The highest BCUT2D eigenvalue weighted by molar-refractivity contribution is 6.33. The Kier molecular flexibility index (Phi) is 6.01. The van der Waals surface area contributed by atoms with E-state index in [1.54, 1.807) is 31.3 Å². The Morgan fingerprint density at radius 2 is 1.89 bits per heavy atom. The molecule has 0 spiro atoms. The van der Waals surface area contributed by atoms with E-state index in [2.05, 4.69) is 29.3 Å². The van der Waals surface area contributed by atoms with Crippen LogP contribution in [-0.4, -0.2) is 42.9 Å². The molecule has 142 valence electrons. The summed E-state index contributed by atoms with van der Waals surface area (Å²) in [6, 6.07) is 15.5. The van der Waals surface area contributed by atoms with Crippen LogP contribution in [0.4, 0.5) is 11.4 Å². The molecule has 2 aromatic rings. The van der Waals surface area contributed by atoms with Crippen molar-refractivity contribution in [3.63, 3.8) is 0 Å². The van der Waals surface area contributed by atoms with E-state index < -0.39 is 0 Å². The summed E-state index contributed by atoms with van der Waals surface area (Å²) in [4.78, 5) is 28.5. The number of anilines is 2. The number of fused-ring (bicyclic) bond motifs is 1. The molecule has 0 bridgehead atoms. The van der Waals surface area contributed by atoms with Crippen LogP contribution < -0.4 is 10.2 Å². The lowest BCUT2D eigenvalue weighted by Gasteiger charge is -2.37. The average molecular weight is 386 g/mol. The summed E-state index contributed by atoms with van der Waals surface area (Å²) in [5.41, 5.74) is 2.92. The van der Waals surface area contributed by atoms with Gasteiger partial charge in [-0.3, -0.25) is 9.59 Å². The number of amides is 2. The van der Waals surface area contributed by atoms with Crippen molar-refractivity contribution in [1.29, 1.82) is 0 Å². The largest absolute Gasteiger partial charge is 0.359 e. The van der Waals surface area contributed by atoms with Crippen LogP contribution in [0.1, 0.15) is 18.9 Å². The quantitative estimate of drug-likeness (QED) is 0.855. The second-order valence-electron chi connectivity index (χ2n) is 6.92. The van der Waals surface area contributed by atoms with Gasteiger partial charge in [0.05, 0.1) is 23.8 Å². The highest BCUT2D eigenvalue weighted by Gasteiger charge is 2.26. The molecular formula is C21H24ClN3O2. The summed E-state index contributed by atoms with van der Waals surface area (Å²) < 4.78 is 0. The standard InChI is InChI=1S/C21H24ClN3O2/c1-15-11-12-16-7-3-6-10-19(16)25(15)14-21(27)24(2)13-20(26)23-18-9-5-4-8-17(18)22/h3-10,15H,11-14H2,1-2H3,(H,23,26)/t15-/m1/s1. The third kappa shape index (κ3) is 4.61. The molecule has 1 N–H and O–H groups in total. The lowest BCUT2D eigenvalue weighted by atomic mass is 9.96. The first-order valence-corrected chi connectivity index (χ1v) is 9.46. The minimum atomic E-state index is -0.272. The van der Waals surface area contributed by atoms with E-state index >= 15 is 0 Å². The van der Waals surface area contributed by atoms with Crippen LogP contribution >= 0.6 is 11.6 Å². The number of hydrogen-bond acceptors (Lipinski definition) is 3.